The molecule has 2 aromatic rings. The molecule has 0 aromatic heterocycles. The summed E-state index contributed by atoms with van der Waals surface area (Å²) in [6, 6.07) is 11.0. The summed E-state index contributed by atoms with van der Waals surface area (Å²) in [4.78, 5) is 2.42. The Hall–Kier alpha value is -1.43. The highest BCUT2D eigenvalue weighted by Gasteiger charge is 2.28. The number of ether oxygens (including phenoxy) is 3. The SMILES string of the molecule is COc1ccc(CC2c3cc4c(cc3CCN2C)OCO4)cc1Br.Cl. The lowest BCUT2D eigenvalue weighted by Crippen LogP contribution is -2.33. The van der Waals surface area contributed by atoms with Crippen LogP contribution < -0.4 is 14.2 Å². The van der Waals surface area contributed by atoms with Crippen molar-refractivity contribution >= 4 is 28.3 Å². The van der Waals surface area contributed by atoms with E-state index in [1.165, 1.54) is 16.7 Å². The second-order valence-electron chi connectivity index (χ2n) is 6.32. The van der Waals surface area contributed by atoms with Crippen LogP contribution in [0.4, 0.5) is 0 Å². The van der Waals surface area contributed by atoms with Gasteiger partial charge in [-0.15, -0.1) is 12.4 Å². The number of likely N-dealkylation sites (N-methyl/N-ethyl adjacent to an activating group) is 1. The number of fused-ring (bicyclic) bond motifs is 2. The highest BCUT2D eigenvalue weighted by molar-refractivity contribution is 9.10. The number of hydrogen-bond donors (Lipinski definition) is 0. The molecule has 0 bridgehead atoms. The average Bonchev–Trinajstić information content (AvgIpc) is 3.03. The maximum atomic E-state index is 5.58. The Morgan fingerprint density at radius 2 is 1.96 bits per heavy atom. The van der Waals surface area contributed by atoms with Gasteiger partial charge in [0.15, 0.2) is 11.5 Å². The Kier molecular flexibility index (Phi) is 5.46. The van der Waals surface area contributed by atoms with Gasteiger partial charge < -0.3 is 14.2 Å². The number of halogens is 2. The molecule has 0 N–H and O–H groups in total. The van der Waals surface area contributed by atoms with Crippen molar-refractivity contribution in [2.75, 3.05) is 27.5 Å². The van der Waals surface area contributed by atoms with Crippen LogP contribution in [0, 0.1) is 0 Å². The molecule has 0 spiro atoms. The first-order valence-corrected chi connectivity index (χ1v) is 8.90. The molecule has 0 amide bonds. The van der Waals surface area contributed by atoms with Crippen LogP contribution in [-0.2, 0) is 12.8 Å². The summed E-state index contributed by atoms with van der Waals surface area (Å²) in [5.74, 6) is 2.61. The minimum Gasteiger partial charge on any atom is -0.496 e. The molecule has 1 unspecified atom stereocenters. The Labute approximate surface area is 162 Å². The molecule has 4 rings (SSSR count). The Bertz CT molecular complexity index is 784. The molecule has 2 heterocycles. The highest BCUT2D eigenvalue weighted by Crippen LogP contribution is 2.41. The molecule has 0 saturated carbocycles. The molecule has 2 aliphatic rings. The summed E-state index contributed by atoms with van der Waals surface area (Å²) in [6.07, 6.45) is 2.00. The van der Waals surface area contributed by atoms with Gasteiger partial charge in [0.2, 0.25) is 6.79 Å². The zero-order chi connectivity index (χ0) is 16.7. The van der Waals surface area contributed by atoms with E-state index in [1.54, 1.807) is 7.11 Å². The van der Waals surface area contributed by atoms with Crippen LogP contribution in [0.2, 0.25) is 0 Å². The van der Waals surface area contributed by atoms with Crippen molar-refractivity contribution in [1.82, 2.24) is 4.90 Å². The normalized spacial score (nSPS) is 18.4. The third-order valence-corrected chi connectivity index (χ3v) is 5.52. The van der Waals surface area contributed by atoms with E-state index < -0.39 is 0 Å². The quantitative estimate of drug-likeness (QED) is 0.729. The lowest BCUT2D eigenvalue weighted by atomic mass is 9.88. The molecule has 134 valence electrons. The minimum atomic E-state index is 0. The second kappa shape index (κ2) is 7.44. The predicted octanol–water partition coefficient (Wildman–Crippen LogP) is 4.38. The zero-order valence-electron chi connectivity index (χ0n) is 14.3. The third-order valence-electron chi connectivity index (χ3n) is 4.90. The average molecular weight is 427 g/mol. The smallest absolute Gasteiger partial charge is 0.231 e. The van der Waals surface area contributed by atoms with Crippen LogP contribution in [0.15, 0.2) is 34.8 Å². The maximum Gasteiger partial charge on any atom is 0.231 e. The van der Waals surface area contributed by atoms with Gasteiger partial charge in [0, 0.05) is 12.6 Å². The number of rotatable bonds is 3. The lowest BCUT2D eigenvalue weighted by Gasteiger charge is -2.35. The largest absolute Gasteiger partial charge is 0.496 e. The van der Waals surface area contributed by atoms with E-state index >= 15 is 0 Å². The zero-order valence-corrected chi connectivity index (χ0v) is 16.7. The van der Waals surface area contributed by atoms with Gasteiger partial charge in [0.1, 0.15) is 5.75 Å². The van der Waals surface area contributed by atoms with E-state index in [1.807, 2.05) is 6.07 Å². The van der Waals surface area contributed by atoms with Gasteiger partial charge in [-0.25, -0.2) is 0 Å². The van der Waals surface area contributed by atoms with Gasteiger partial charge in [0.05, 0.1) is 11.6 Å². The molecule has 2 aromatic carbocycles. The molecule has 0 radical (unpaired) electrons. The second-order valence-corrected chi connectivity index (χ2v) is 7.18. The first-order chi connectivity index (χ1) is 11.7. The van der Waals surface area contributed by atoms with Crippen molar-refractivity contribution in [1.29, 1.82) is 0 Å². The summed E-state index contributed by atoms with van der Waals surface area (Å²) in [5.41, 5.74) is 4.00. The van der Waals surface area contributed by atoms with Gasteiger partial charge in [-0.1, -0.05) is 6.07 Å². The summed E-state index contributed by atoms with van der Waals surface area (Å²) in [7, 11) is 3.88. The molecule has 0 aliphatic carbocycles. The Balaban J connectivity index is 0.00000182. The molecule has 0 saturated heterocycles. The van der Waals surface area contributed by atoms with Crippen LogP contribution in [-0.4, -0.2) is 32.4 Å². The van der Waals surface area contributed by atoms with Gasteiger partial charge >= 0.3 is 0 Å². The van der Waals surface area contributed by atoms with E-state index in [2.05, 4.69) is 52.1 Å². The summed E-state index contributed by atoms with van der Waals surface area (Å²) in [5, 5.41) is 0. The third kappa shape index (κ3) is 3.46. The van der Waals surface area contributed by atoms with Crippen molar-refractivity contribution in [3.63, 3.8) is 0 Å². The van der Waals surface area contributed by atoms with Gasteiger partial charge in [0.25, 0.3) is 0 Å². The minimum absolute atomic E-state index is 0. The van der Waals surface area contributed by atoms with Crippen LogP contribution in [0.5, 0.6) is 17.2 Å². The molecular formula is C19H21BrClNO3. The fourth-order valence-corrected chi connectivity index (χ4v) is 4.13. The molecule has 6 heteroatoms. The monoisotopic (exact) mass is 425 g/mol. The van der Waals surface area contributed by atoms with Crippen molar-refractivity contribution in [2.24, 2.45) is 0 Å². The van der Waals surface area contributed by atoms with Gasteiger partial charge in [-0.3, -0.25) is 4.90 Å². The molecule has 25 heavy (non-hydrogen) atoms. The first kappa shape index (κ1) is 18.4. The first-order valence-electron chi connectivity index (χ1n) is 8.11. The van der Waals surface area contributed by atoms with Crippen molar-refractivity contribution < 1.29 is 14.2 Å². The topological polar surface area (TPSA) is 30.9 Å². The van der Waals surface area contributed by atoms with Crippen molar-refractivity contribution in [3.05, 3.63) is 51.5 Å². The Morgan fingerprint density at radius 1 is 1.20 bits per heavy atom. The number of hydrogen-bond acceptors (Lipinski definition) is 4. The fraction of sp³-hybridized carbons (Fsp3) is 0.368. The number of methoxy groups -OCH3 is 1. The predicted molar refractivity (Wildman–Crippen MR) is 103 cm³/mol. The molecule has 2 aliphatic heterocycles. The van der Waals surface area contributed by atoms with E-state index in [9.17, 15) is 0 Å². The van der Waals surface area contributed by atoms with E-state index in [0.29, 0.717) is 12.8 Å². The van der Waals surface area contributed by atoms with Crippen LogP contribution in [0.1, 0.15) is 22.7 Å². The summed E-state index contributed by atoms with van der Waals surface area (Å²) < 4.78 is 17.4. The van der Waals surface area contributed by atoms with Gasteiger partial charge in [-0.2, -0.15) is 0 Å². The van der Waals surface area contributed by atoms with E-state index in [0.717, 1.165) is 41.1 Å². The maximum absolute atomic E-state index is 5.58. The number of nitrogens with zero attached hydrogens (tertiary/aromatic N) is 1. The molecule has 0 fully saturated rings. The Morgan fingerprint density at radius 3 is 2.68 bits per heavy atom. The van der Waals surface area contributed by atoms with Crippen LogP contribution in [0.25, 0.3) is 0 Å². The van der Waals surface area contributed by atoms with Crippen LogP contribution in [0.3, 0.4) is 0 Å². The summed E-state index contributed by atoms with van der Waals surface area (Å²) >= 11 is 3.58. The fourth-order valence-electron chi connectivity index (χ4n) is 3.54. The standard InChI is InChI=1S/C19H20BrNO3.ClH/c1-21-6-5-13-9-18-19(24-11-23-18)10-14(13)16(21)8-12-3-4-17(22-2)15(20)7-12;/h3-4,7,9-10,16H,5-6,8,11H2,1-2H3;1H. The van der Waals surface area contributed by atoms with E-state index in [-0.39, 0.29) is 12.4 Å². The summed E-state index contributed by atoms with van der Waals surface area (Å²) in [6.45, 7) is 1.37. The number of benzene rings is 2. The van der Waals surface area contributed by atoms with Gasteiger partial charge in [-0.05, 0) is 76.8 Å². The highest BCUT2D eigenvalue weighted by atomic mass is 79.9. The van der Waals surface area contributed by atoms with Crippen LogP contribution >= 0.6 is 28.3 Å². The molecule has 1 atom stereocenters. The molecular weight excluding hydrogens is 406 g/mol. The van der Waals surface area contributed by atoms with Crippen molar-refractivity contribution in [3.8, 4) is 17.2 Å². The molecule has 4 nitrogen and oxygen atoms in total. The lowest BCUT2D eigenvalue weighted by molar-refractivity contribution is 0.174. The van der Waals surface area contributed by atoms with E-state index in [4.69, 9.17) is 14.2 Å². The van der Waals surface area contributed by atoms with Crippen molar-refractivity contribution in [2.45, 2.75) is 18.9 Å².